The molecule has 1 saturated carbocycles. The highest BCUT2D eigenvalue weighted by molar-refractivity contribution is 5.20. The number of aliphatic hydroxyl groups is 1. The van der Waals surface area contributed by atoms with Gasteiger partial charge < -0.3 is 15.2 Å². The number of rotatable bonds is 8. The van der Waals surface area contributed by atoms with E-state index in [1.54, 1.807) is 0 Å². The maximum absolute atomic E-state index is 8.60. The van der Waals surface area contributed by atoms with Gasteiger partial charge >= 0.3 is 0 Å². The fraction of sp³-hybridized carbons (Fsp3) is 0.647. The predicted octanol–water partition coefficient (Wildman–Crippen LogP) is 2.70. The lowest BCUT2D eigenvalue weighted by Gasteiger charge is -2.29. The average Bonchev–Trinajstić information content (AvgIpc) is 2.52. The van der Waals surface area contributed by atoms with E-state index in [9.17, 15) is 0 Å². The van der Waals surface area contributed by atoms with E-state index >= 15 is 0 Å². The van der Waals surface area contributed by atoms with Gasteiger partial charge in [0.15, 0.2) is 0 Å². The van der Waals surface area contributed by atoms with Gasteiger partial charge in [0, 0.05) is 12.6 Å². The van der Waals surface area contributed by atoms with Crippen LogP contribution in [-0.4, -0.2) is 37.5 Å². The zero-order chi connectivity index (χ0) is 14.0. The Morgan fingerprint density at radius 3 is 2.50 bits per heavy atom. The van der Waals surface area contributed by atoms with Gasteiger partial charge in [-0.1, -0.05) is 30.3 Å². The van der Waals surface area contributed by atoms with E-state index in [2.05, 4.69) is 35.6 Å². The SMILES string of the molecule is OCCOCCCNC1CCC(c2ccccc2)CC1. The van der Waals surface area contributed by atoms with Crippen molar-refractivity contribution in [3.05, 3.63) is 35.9 Å². The van der Waals surface area contributed by atoms with Gasteiger partial charge in [0.25, 0.3) is 0 Å². The van der Waals surface area contributed by atoms with Gasteiger partial charge in [-0.15, -0.1) is 0 Å². The molecule has 1 aromatic carbocycles. The number of benzene rings is 1. The second kappa shape index (κ2) is 9.11. The molecular weight excluding hydrogens is 250 g/mol. The standard InChI is InChI=1S/C17H27NO2/c19-12-14-20-13-4-11-18-17-9-7-16(8-10-17)15-5-2-1-3-6-15/h1-3,5-6,16-19H,4,7-14H2. The van der Waals surface area contributed by atoms with Crippen molar-refractivity contribution in [1.29, 1.82) is 0 Å². The summed E-state index contributed by atoms with van der Waals surface area (Å²) >= 11 is 0. The third-order valence-corrected chi connectivity index (χ3v) is 4.13. The molecule has 1 aromatic rings. The van der Waals surface area contributed by atoms with Gasteiger partial charge in [0.1, 0.15) is 0 Å². The smallest absolute Gasteiger partial charge is 0.0697 e. The molecule has 0 atom stereocenters. The van der Waals surface area contributed by atoms with Crippen molar-refractivity contribution in [2.75, 3.05) is 26.4 Å². The second-order valence-corrected chi connectivity index (χ2v) is 5.60. The van der Waals surface area contributed by atoms with Crippen LogP contribution in [0.3, 0.4) is 0 Å². The topological polar surface area (TPSA) is 41.5 Å². The molecule has 0 radical (unpaired) electrons. The van der Waals surface area contributed by atoms with Gasteiger partial charge in [-0.3, -0.25) is 0 Å². The molecule has 0 saturated heterocycles. The number of hydrogen-bond acceptors (Lipinski definition) is 3. The summed E-state index contributed by atoms with van der Waals surface area (Å²) in [4.78, 5) is 0. The van der Waals surface area contributed by atoms with Crippen LogP contribution in [0.4, 0.5) is 0 Å². The monoisotopic (exact) mass is 277 g/mol. The molecule has 1 aliphatic rings. The van der Waals surface area contributed by atoms with Crippen LogP contribution in [0.25, 0.3) is 0 Å². The first kappa shape index (κ1) is 15.5. The third kappa shape index (κ3) is 5.23. The molecule has 3 nitrogen and oxygen atoms in total. The quantitative estimate of drug-likeness (QED) is 0.718. The van der Waals surface area contributed by atoms with Crippen molar-refractivity contribution in [3.63, 3.8) is 0 Å². The first-order valence-corrected chi connectivity index (χ1v) is 7.87. The van der Waals surface area contributed by atoms with Crippen molar-refractivity contribution in [2.45, 2.75) is 44.1 Å². The summed E-state index contributed by atoms with van der Waals surface area (Å²) in [5.41, 5.74) is 1.50. The average molecular weight is 277 g/mol. The second-order valence-electron chi connectivity index (χ2n) is 5.60. The lowest BCUT2D eigenvalue weighted by Crippen LogP contribution is -2.33. The number of aliphatic hydroxyl groups excluding tert-OH is 1. The summed E-state index contributed by atoms with van der Waals surface area (Å²) in [6.07, 6.45) is 6.16. The molecule has 0 spiro atoms. The molecule has 0 bridgehead atoms. The molecule has 3 heteroatoms. The normalized spacial score (nSPS) is 22.9. The van der Waals surface area contributed by atoms with Crippen molar-refractivity contribution in [1.82, 2.24) is 5.32 Å². The van der Waals surface area contributed by atoms with E-state index in [1.807, 2.05) is 0 Å². The minimum Gasteiger partial charge on any atom is -0.394 e. The zero-order valence-electron chi connectivity index (χ0n) is 12.3. The van der Waals surface area contributed by atoms with Crippen LogP contribution in [0.5, 0.6) is 0 Å². The molecular formula is C17H27NO2. The first-order chi connectivity index (χ1) is 9.90. The van der Waals surface area contributed by atoms with Crippen LogP contribution in [0.15, 0.2) is 30.3 Å². The molecule has 20 heavy (non-hydrogen) atoms. The maximum Gasteiger partial charge on any atom is 0.0697 e. The Morgan fingerprint density at radius 1 is 1.05 bits per heavy atom. The van der Waals surface area contributed by atoms with Crippen LogP contribution in [0.1, 0.15) is 43.6 Å². The highest BCUT2D eigenvalue weighted by Crippen LogP contribution is 2.32. The van der Waals surface area contributed by atoms with E-state index in [-0.39, 0.29) is 6.61 Å². The Kier molecular flexibility index (Phi) is 7.06. The van der Waals surface area contributed by atoms with Crippen LogP contribution in [-0.2, 0) is 4.74 Å². The summed E-state index contributed by atoms with van der Waals surface area (Å²) in [6.45, 7) is 2.35. The third-order valence-electron chi connectivity index (χ3n) is 4.13. The first-order valence-electron chi connectivity index (χ1n) is 7.87. The van der Waals surface area contributed by atoms with E-state index in [1.165, 1.54) is 31.2 Å². The van der Waals surface area contributed by atoms with Crippen LogP contribution < -0.4 is 5.32 Å². The van der Waals surface area contributed by atoms with Crippen molar-refractivity contribution >= 4 is 0 Å². The van der Waals surface area contributed by atoms with Crippen LogP contribution in [0.2, 0.25) is 0 Å². The summed E-state index contributed by atoms with van der Waals surface area (Å²) in [5.74, 6) is 0.752. The van der Waals surface area contributed by atoms with Gasteiger partial charge in [-0.25, -0.2) is 0 Å². The van der Waals surface area contributed by atoms with E-state index < -0.39 is 0 Å². The largest absolute Gasteiger partial charge is 0.394 e. The minimum atomic E-state index is 0.122. The minimum absolute atomic E-state index is 0.122. The van der Waals surface area contributed by atoms with Gasteiger partial charge in [0.2, 0.25) is 0 Å². The van der Waals surface area contributed by atoms with Crippen LogP contribution >= 0.6 is 0 Å². The maximum atomic E-state index is 8.60. The van der Waals surface area contributed by atoms with E-state index in [0.29, 0.717) is 12.6 Å². The van der Waals surface area contributed by atoms with E-state index in [4.69, 9.17) is 9.84 Å². The molecule has 0 aliphatic heterocycles. The lowest BCUT2D eigenvalue weighted by molar-refractivity contribution is 0.0901. The Bertz CT molecular complexity index is 347. The van der Waals surface area contributed by atoms with Crippen molar-refractivity contribution < 1.29 is 9.84 Å². The molecule has 2 rings (SSSR count). The van der Waals surface area contributed by atoms with Gasteiger partial charge in [-0.2, -0.15) is 0 Å². The summed E-state index contributed by atoms with van der Waals surface area (Å²) in [6, 6.07) is 11.6. The molecule has 0 heterocycles. The molecule has 0 aromatic heterocycles. The molecule has 1 fully saturated rings. The molecule has 0 amide bonds. The molecule has 2 N–H and O–H groups in total. The van der Waals surface area contributed by atoms with Crippen molar-refractivity contribution in [2.24, 2.45) is 0 Å². The van der Waals surface area contributed by atoms with E-state index in [0.717, 1.165) is 25.5 Å². The summed E-state index contributed by atoms with van der Waals surface area (Å²) in [7, 11) is 0. The highest BCUT2D eigenvalue weighted by atomic mass is 16.5. The fourth-order valence-corrected chi connectivity index (χ4v) is 3.00. The van der Waals surface area contributed by atoms with Crippen molar-refractivity contribution in [3.8, 4) is 0 Å². The fourth-order valence-electron chi connectivity index (χ4n) is 3.00. The molecule has 0 unspecified atom stereocenters. The zero-order valence-corrected chi connectivity index (χ0v) is 12.3. The molecule has 112 valence electrons. The summed E-state index contributed by atoms with van der Waals surface area (Å²) < 4.78 is 5.26. The number of ether oxygens (including phenoxy) is 1. The van der Waals surface area contributed by atoms with Gasteiger partial charge in [-0.05, 0) is 50.1 Å². The lowest BCUT2D eigenvalue weighted by atomic mass is 9.82. The molecule has 1 aliphatic carbocycles. The van der Waals surface area contributed by atoms with Crippen LogP contribution in [0, 0.1) is 0 Å². The predicted molar refractivity (Wildman–Crippen MR) is 82.0 cm³/mol. The Balaban J connectivity index is 1.58. The summed E-state index contributed by atoms with van der Waals surface area (Å²) in [5, 5.41) is 12.2. The Hall–Kier alpha value is -0.900. The number of hydrogen-bond donors (Lipinski definition) is 2. The van der Waals surface area contributed by atoms with Gasteiger partial charge in [0.05, 0.1) is 13.2 Å². The Morgan fingerprint density at radius 2 is 1.80 bits per heavy atom. The number of nitrogens with one attached hydrogen (secondary N) is 1. The Labute approximate surface area is 122 Å². The highest BCUT2D eigenvalue weighted by Gasteiger charge is 2.21.